The van der Waals surface area contributed by atoms with Gasteiger partial charge in [0.1, 0.15) is 0 Å². The Hall–Kier alpha value is -2.61. The van der Waals surface area contributed by atoms with Crippen LogP contribution in [0.2, 0.25) is 0 Å². The van der Waals surface area contributed by atoms with Crippen LogP contribution in [0.25, 0.3) is 0 Å². The third-order valence-corrected chi connectivity index (χ3v) is 3.10. The van der Waals surface area contributed by atoms with E-state index in [0.717, 1.165) is 6.08 Å². The highest BCUT2D eigenvalue weighted by molar-refractivity contribution is 8.18. The molecule has 1 aliphatic rings. The van der Waals surface area contributed by atoms with Crippen LogP contribution in [0, 0.1) is 0 Å². The van der Waals surface area contributed by atoms with Crippen molar-refractivity contribution in [3.05, 3.63) is 40.8 Å². The topological polar surface area (TPSA) is 115 Å². The Balaban J connectivity index is 2.05. The third kappa shape index (κ3) is 3.23. The van der Waals surface area contributed by atoms with Crippen LogP contribution in [-0.4, -0.2) is 23.0 Å². The zero-order valence-electron chi connectivity index (χ0n) is 9.84. The van der Waals surface area contributed by atoms with E-state index in [0.29, 0.717) is 17.4 Å². The average molecular weight is 291 g/mol. The fraction of sp³-hybridized carbons (Fsp3) is 0. The molecule has 0 unspecified atom stereocenters. The fourth-order valence-electron chi connectivity index (χ4n) is 1.41. The molecule has 1 aliphatic heterocycles. The molecule has 0 aliphatic carbocycles. The summed E-state index contributed by atoms with van der Waals surface area (Å²) >= 11 is 0.634. The van der Waals surface area contributed by atoms with Gasteiger partial charge in [-0.15, -0.1) is 0 Å². The highest BCUT2D eigenvalue weighted by atomic mass is 32.2. The van der Waals surface area contributed by atoms with Gasteiger partial charge in [0.15, 0.2) is 0 Å². The van der Waals surface area contributed by atoms with Crippen molar-refractivity contribution in [2.75, 3.05) is 5.32 Å². The van der Waals surface area contributed by atoms with Crippen LogP contribution < -0.4 is 15.7 Å². The van der Waals surface area contributed by atoms with Gasteiger partial charge in [0.2, 0.25) is 5.91 Å². The van der Waals surface area contributed by atoms with Gasteiger partial charge in [0, 0.05) is 11.8 Å². The molecule has 1 aromatic carbocycles. The number of thioether (sulfide) groups is 1. The summed E-state index contributed by atoms with van der Waals surface area (Å²) in [7, 11) is 0. The molecule has 0 aromatic heterocycles. The summed E-state index contributed by atoms with van der Waals surface area (Å²) in [4.78, 5) is 44.3. The summed E-state index contributed by atoms with van der Waals surface area (Å²) in [5.74, 6) is -2.54. The smallest absolute Gasteiger partial charge is 0.290 e. The molecular weight excluding hydrogens is 284 g/mol. The number of amides is 3. The van der Waals surface area contributed by atoms with Crippen LogP contribution in [-0.2, 0) is 9.59 Å². The van der Waals surface area contributed by atoms with Gasteiger partial charge >= 0.3 is 0 Å². The van der Waals surface area contributed by atoms with Crippen molar-refractivity contribution in [3.63, 3.8) is 0 Å². The van der Waals surface area contributed by atoms with Crippen molar-refractivity contribution in [1.29, 1.82) is 0 Å². The SMILES string of the molecule is O=C(C=C1SC(=O)NC1=O)Nc1ccc(C(=O)[O-])cc1. The number of nitrogens with one attached hydrogen (secondary N) is 2. The Morgan fingerprint density at radius 1 is 1.20 bits per heavy atom. The average Bonchev–Trinajstić information content (AvgIpc) is 2.68. The van der Waals surface area contributed by atoms with Crippen LogP contribution >= 0.6 is 11.8 Å². The molecule has 102 valence electrons. The molecule has 0 saturated carbocycles. The lowest BCUT2D eigenvalue weighted by Gasteiger charge is -2.05. The van der Waals surface area contributed by atoms with Crippen molar-refractivity contribution in [2.24, 2.45) is 0 Å². The molecule has 2 N–H and O–H groups in total. The largest absolute Gasteiger partial charge is 0.545 e. The van der Waals surface area contributed by atoms with E-state index in [1.165, 1.54) is 24.3 Å². The third-order valence-electron chi connectivity index (χ3n) is 2.29. The van der Waals surface area contributed by atoms with Crippen LogP contribution in [0.5, 0.6) is 0 Å². The van der Waals surface area contributed by atoms with Crippen molar-refractivity contribution in [3.8, 4) is 0 Å². The first-order valence-corrected chi connectivity index (χ1v) is 6.14. The highest BCUT2D eigenvalue weighted by Crippen LogP contribution is 2.22. The van der Waals surface area contributed by atoms with Crippen molar-refractivity contribution >= 4 is 40.5 Å². The second kappa shape index (κ2) is 5.57. The molecule has 0 atom stereocenters. The van der Waals surface area contributed by atoms with E-state index >= 15 is 0 Å². The van der Waals surface area contributed by atoms with Crippen molar-refractivity contribution < 1.29 is 24.3 Å². The maximum atomic E-state index is 11.6. The number of carbonyl (C=O) groups excluding carboxylic acids is 4. The fourth-order valence-corrected chi connectivity index (χ4v) is 2.06. The van der Waals surface area contributed by atoms with E-state index < -0.39 is 23.0 Å². The van der Waals surface area contributed by atoms with Crippen molar-refractivity contribution in [2.45, 2.75) is 0 Å². The Bertz CT molecular complexity index is 636. The Kier molecular flexibility index (Phi) is 3.85. The first-order valence-electron chi connectivity index (χ1n) is 5.33. The predicted molar refractivity (Wildman–Crippen MR) is 68.6 cm³/mol. The molecule has 0 radical (unpaired) electrons. The van der Waals surface area contributed by atoms with E-state index in [1.807, 2.05) is 5.32 Å². The number of hydrogen-bond donors (Lipinski definition) is 2. The standard InChI is InChI=1S/C12H8N2O5S/c15-9(5-8-10(16)14-12(19)20-8)13-7-3-1-6(2-4-7)11(17)18/h1-5H,(H,13,15)(H,17,18)(H,14,16,19)/p-1. The maximum absolute atomic E-state index is 11.6. The number of imide groups is 1. The summed E-state index contributed by atoms with van der Waals surface area (Å²) in [5.41, 5.74) is 0.337. The van der Waals surface area contributed by atoms with Gasteiger partial charge in [-0.1, -0.05) is 12.1 Å². The monoisotopic (exact) mass is 291 g/mol. The minimum Gasteiger partial charge on any atom is -0.545 e. The van der Waals surface area contributed by atoms with E-state index in [1.54, 1.807) is 0 Å². The summed E-state index contributed by atoms with van der Waals surface area (Å²) in [6.45, 7) is 0. The minimum absolute atomic E-state index is 0.00106. The summed E-state index contributed by atoms with van der Waals surface area (Å²) in [6.07, 6.45) is 0.998. The first-order chi connectivity index (χ1) is 9.45. The molecule has 1 aromatic rings. The number of rotatable bonds is 3. The zero-order valence-corrected chi connectivity index (χ0v) is 10.7. The molecular formula is C12H7N2O5S-. The molecule has 8 heteroatoms. The van der Waals surface area contributed by atoms with Crippen LogP contribution in [0.3, 0.4) is 0 Å². The van der Waals surface area contributed by atoms with Gasteiger partial charge in [-0.25, -0.2) is 0 Å². The van der Waals surface area contributed by atoms with Gasteiger partial charge in [0.25, 0.3) is 11.1 Å². The molecule has 1 saturated heterocycles. The van der Waals surface area contributed by atoms with Crippen LogP contribution in [0.1, 0.15) is 10.4 Å². The summed E-state index contributed by atoms with van der Waals surface area (Å²) in [6, 6.07) is 5.32. The molecule has 0 spiro atoms. The number of carbonyl (C=O) groups is 4. The molecule has 1 fully saturated rings. The quantitative estimate of drug-likeness (QED) is 0.749. The summed E-state index contributed by atoms with van der Waals surface area (Å²) < 4.78 is 0. The van der Waals surface area contributed by atoms with Crippen molar-refractivity contribution in [1.82, 2.24) is 5.32 Å². The molecule has 3 amide bonds. The lowest BCUT2D eigenvalue weighted by Crippen LogP contribution is -2.22. The first kappa shape index (κ1) is 13.8. The minimum atomic E-state index is -1.32. The van der Waals surface area contributed by atoms with Gasteiger partial charge in [0.05, 0.1) is 10.9 Å². The van der Waals surface area contributed by atoms with E-state index in [2.05, 4.69) is 5.32 Å². The Morgan fingerprint density at radius 2 is 1.85 bits per heavy atom. The second-order valence-electron chi connectivity index (χ2n) is 3.71. The maximum Gasteiger partial charge on any atom is 0.290 e. The zero-order chi connectivity index (χ0) is 14.7. The second-order valence-corrected chi connectivity index (χ2v) is 4.72. The molecule has 1 heterocycles. The number of anilines is 1. The van der Waals surface area contributed by atoms with E-state index in [4.69, 9.17) is 0 Å². The summed E-state index contributed by atoms with van der Waals surface area (Å²) in [5, 5.41) is 14.5. The Morgan fingerprint density at radius 3 is 2.35 bits per heavy atom. The lowest BCUT2D eigenvalue weighted by atomic mass is 10.2. The number of benzene rings is 1. The van der Waals surface area contributed by atoms with Crippen LogP contribution in [0.4, 0.5) is 10.5 Å². The lowest BCUT2D eigenvalue weighted by molar-refractivity contribution is -0.255. The molecule has 0 bridgehead atoms. The molecule has 20 heavy (non-hydrogen) atoms. The highest BCUT2D eigenvalue weighted by Gasteiger charge is 2.25. The van der Waals surface area contributed by atoms with Gasteiger partial charge in [-0.2, -0.15) is 0 Å². The Labute approximate surface area is 117 Å². The number of carboxylic acid groups (broad SMARTS) is 1. The number of carboxylic acids is 1. The van der Waals surface area contributed by atoms with Crippen LogP contribution in [0.15, 0.2) is 35.2 Å². The van der Waals surface area contributed by atoms with Gasteiger partial charge in [-0.3, -0.25) is 19.7 Å². The van der Waals surface area contributed by atoms with E-state index in [9.17, 15) is 24.3 Å². The number of hydrogen-bond acceptors (Lipinski definition) is 6. The molecule has 7 nitrogen and oxygen atoms in total. The molecule has 2 rings (SSSR count). The van der Waals surface area contributed by atoms with Gasteiger partial charge in [-0.05, 0) is 29.5 Å². The normalized spacial score (nSPS) is 16.1. The number of aromatic carboxylic acids is 1. The predicted octanol–water partition coefficient (Wildman–Crippen LogP) is -0.145. The van der Waals surface area contributed by atoms with E-state index in [-0.39, 0.29) is 10.5 Å². The van der Waals surface area contributed by atoms with Gasteiger partial charge < -0.3 is 15.2 Å².